The molecule has 0 bridgehead atoms. The molecule has 6 heteroatoms. The zero-order chi connectivity index (χ0) is 14.8. The van der Waals surface area contributed by atoms with Crippen LogP contribution in [0, 0.1) is 0 Å². The maximum atomic E-state index is 12.1. The van der Waals surface area contributed by atoms with Crippen LogP contribution in [-0.4, -0.2) is 10.9 Å². The predicted molar refractivity (Wildman–Crippen MR) is 79.7 cm³/mol. The van der Waals surface area contributed by atoms with Crippen molar-refractivity contribution in [1.29, 1.82) is 0 Å². The number of pyridine rings is 1. The number of nitrogens with zero attached hydrogens (tertiary/aromatic N) is 1. The summed E-state index contributed by atoms with van der Waals surface area (Å²) >= 11 is 5.91. The average Bonchev–Trinajstić information content (AvgIpc) is 2.49. The number of hydrogen-bond donors (Lipinski definition) is 1. The number of rotatable bonds is 2. The molecule has 1 aromatic carbocycles. The minimum absolute atomic E-state index is 0.0968. The molecular weight excluding hydrogens is 292 g/mol. The second-order valence-electron chi connectivity index (χ2n) is 4.26. The van der Waals surface area contributed by atoms with E-state index in [1.54, 1.807) is 36.4 Å². The lowest BCUT2D eigenvalue weighted by Gasteiger charge is -2.05. The van der Waals surface area contributed by atoms with Gasteiger partial charge in [0, 0.05) is 12.3 Å². The van der Waals surface area contributed by atoms with Gasteiger partial charge in [-0.1, -0.05) is 23.7 Å². The van der Waals surface area contributed by atoms with Gasteiger partial charge in [-0.3, -0.25) is 9.59 Å². The number of hydrogen-bond acceptors (Lipinski definition) is 4. The lowest BCUT2D eigenvalue weighted by molar-refractivity contribution is 0.0997. The zero-order valence-corrected chi connectivity index (χ0v) is 11.4. The molecule has 0 unspecified atom stereocenters. The van der Waals surface area contributed by atoms with E-state index in [0.29, 0.717) is 16.0 Å². The Hall–Kier alpha value is -2.66. The zero-order valence-electron chi connectivity index (χ0n) is 10.7. The molecule has 3 aromatic rings. The second-order valence-corrected chi connectivity index (χ2v) is 4.67. The molecule has 1 amide bonds. The molecule has 0 aliphatic heterocycles. The Bertz CT molecular complexity index is 889. The molecule has 2 aromatic heterocycles. The van der Waals surface area contributed by atoms with Gasteiger partial charge in [-0.2, -0.15) is 0 Å². The first-order chi connectivity index (χ1) is 10.1. The molecule has 2 heterocycles. The van der Waals surface area contributed by atoms with E-state index >= 15 is 0 Å². The SMILES string of the molecule is O=C(Nc1ncccc1Cl)c1cc(=O)c2ccccc2o1. The number of fused-ring (bicyclic) bond motifs is 1. The first-order valence-electron chi connectivity index (χ1n) is 6.10. The number of amides is 1. The van der Waals surface area contributed by atoms with Gasteiger partial charge < -0.3 is 9.73 Å². The first kappa shape index (κ1) is 13.3. The largest absolute Gasteiger partial charge is 0.451 e. The fourth-order valence-corrected chi connectivity index (χ4v) is 2.03. The number of benzene rings is 1. The van der Waals surface area contributed by atoms with Crippen LogP contribution < -0.4 is 10.7 Å². The lowest BCUT2D eigenvalue weighted by Crippen LogP contribution is -2.15. The Kier molecular flexibility index (Phi) is 3.41. The van der Waals surface area contributed by atoms with Gasteiger partial charge in [0.1, 0.15) is 5.58 Å². The quantitative estimate of drug-likeness (QED) is 0.789. The second kappa shape index (κ2) is 5.38. The van der Waals surface area contributed by atoms with Crippen molar-refractivity contribution in [2.24, 2.45) is 0 Å². The van der Waals surface area contributed by atoms with Crippen molar-refractivity contribution in [3.63, 3.8) is 0 Å². The highest BCUT2D eigenvalue weighted by Gasteiger charge is 2.14. The highest BCUT2D eigenvalue weighted by Crippen LogP contribution is 2.19. The molecule has 0 aliphatic rings. The van der Waals surface area contributed by atoms with Crippen LogP contribution in [-0.2, 0) is 0 Å². The smallest absolute Gasteiger partial charge is 0.292 e. The van der Waals surface area contributed by atoms with Crippen LogP contribution in [0.1, 0.15) is 10.6 Å². The topological polar surface area (TPSA) is 72.2 Å². The van der Waals surface area contributed by atoms with E-state index in [0.717, 1.165) is 6.07 Å². The Morgan fingerprint density at radius 1 is 1.19 bits per heavy atom. The van der Waals surface area contributed by atoms with Gasteiger partial charge in [-0.25, -0.2) is 4.98 Å². The summed E-state index contributed by atoms with van der Waals surface area (Å²) in [4.78, 5) is 28.0. The number of halogens is 1. The van der Waals surface area contributed by atoms with Crippen molar-refractivity contribution < 1.29 is 9.21 Å². The van der Waals surface area contributed by atoms with Crippen molar-refractivity contribution in [2.75, 3.05) is 5.32 Å². The van der Waals surface area contributed by atoms with Gasteiger partial charge in [0.05, 0.1) is 10.4 Å². The summed E-state index contributed by atoms with van der Waals surface area (Å²) < 4.78 is 5.43. The predicted octanol–water partition coefficient (Wildman–Crippen LogP) is 3.09. The third kappa shape index (κ3) is 2.64. The van der Waals surface area contributed by atoms with Gasteiger partial charge >= 0.3 is 0 Å². The van der Waals surface area contributed by atoms with Gasteiger partial charge in [0.2, 0.25) is 0 Å². The minimum atomic E-state index is -0.585. The highest BCUT2D eigenvalue weighted by molar-refractivity contribution is 6.33. The van der Waals surface area contributed by atoms with Crippen LogP contribution in [0.3, 0.4) is 0 Å². The van der Waals surface area contributed by atoms with Gasteiger partial charge in [-0.05, 0) is 24.3 Å². The fraction of sp³-hybridized carbons (Fsp3) is 0. The molecule has 104 valence electrons. The molecule has 0 saturated heterocycles. The molecular formula is C15H9ClN2O3. The van der Waals surface area contributed by atoms with Crippen molar-refractivity contribution >= 4 is 34.3 Å². The summed E-state index contributed by atoms with van der Waals surface area (Å²) in [6.45, 7) is 0. The Labute approximate surface area is 124 Å². The number of nitrogens with one attached hydrogen (secondary N) is 1. The maximum absolute atomic E-state index is 12.1. The normalized spacial score (nSPS) is 10.5. The molecule has 1 N–H and O–H groups in total. The molecule has 0 aliphatic carbocycles. The van der Waals surface area contributed by atoms with Crippen LogP contribution >= 0.6 is 11.6 Å². The van der Waals surface area contributed by atoms with Crippen LogP contribution in [0.15, 0.2) is 57.9 Å². The van der Waals surface area contributed by atoms with E-state index in [1.165, 1.54) is 6.20 Å². The molecule has 5 nitrogen and oxygen atoms in total. The maximum Gasteiger partial charge on any atom is 0.292 e. The van der Waals surface area contributed by atoms with Crippen molar-refractivity contribution in [1.82, 2.24) is 4.98 Å². The number of carbonyl (C=O) groups is 1. The van der Waals surface area contributed by atoms with Gasteiger partial charge in [0.15, 0.2) is 17.0 Å². The van der Waals surface area contributed by atoms with Crippen LogP contribution in [0.4, 0.5) is 5.82 Å². The van der Waals surface area contributed by atoms with Gasteiger partial charge in [-0.15, -0.1) is 0 Å². The summed E-state index contributed by atoms with van der Waals surface area (Å²) in [5, 5.41) is 3.22. The van der Waals surface area contributed by atoms with E-state index in [2.05, 4.69) is 10.3 Å². The monoisotopic (exact) mass is 300 g/mol. The fourth-order valence-electron chi connectivity index (χ4n) is 1.86. The average molecular weight is 301 g/mol. The van der Waals surface area contributed by atoms with E-state index in [4.69, 9.17) is 16.0 Å². The highest BCUT2D eigenvalue weighted by atomic mass is 35.5. The van der Waals surface area contributed by atoms with Gasteiger partial charge in [0.25, 0.3) is 5.91 Å². The lowest BCUT2D eigenvalue weighted by atomic mass is 10.2. The Morgan fingerprint density at radius 3 is 2.81 bits per heavy atom. The number of aromatic nitrogens is 1. The Morgan fingerprint density at radius 2 is 2.00 bits per heavy atom. The van der Waals surface area contributed by atoms with Crippen molar-refractivity contribution in [3.05, 3.63) is 69.7 Å². The molecule has 21 heavy (non-hydrogen) atoms. The number of carbonyl (C=O) groups excluding carboxylic acids is 1. The summed E-state index contributed by atoms with van der Waals surface area (Å²) in [7, 11) is 0. The van der Waals surface area contributed by atoms with Crippen LogP contribution in [0.25, 0.3) is 11.0 Å². The van der Waals surface area contributed by atoms with Crippen molar-refractivity contribution in [3.8, 4) is 0 Å². The third-order valence-electron chi connectivity index (χ3n) is 2.85. The minimum Gasteiger partial charge on any atom is -0.451 e. The van der Waals surface area contributed by atoms with E-state index in [1.807, 2.05) is 0 Å². The molecule has 3 rings (SSSR count). The summed E-state index contributed by atoms with van der Waals surface area (Å²) in [5.41, 5.74) is 0.0661. The molecule has 0 spiro atoms. The van der Waals surface area contributed by atoms with E-state index in [-0.39, 0.29) is 17.0 Å². The number of para-hydroxylation sites is 1. The molecule has 0 fully saturated rings. The van der Waals surface area contributed by atoms with E-state index in [9.17, 15) is 9.59 Å². The molecule has 0 atom stereocenters. The van der Waals surface area contributed by atoms with Crippen LogP contribution in [0.2, 0.25) is 5.02 Å². The van der Waals surface area contributed by atoms with E-state index < -0.39 is 5.91 Å². The van der Waals surface area contributed by atoms with Crippen LogP contribution in [0.5, 0.6) is 0 Å². The van der Waals surface area contributed by atoms with Crippen molar-refractivity contribution in [2.45, 2.75) is 0 Å². The standard InChI is InChI=1S/C15H9ClN2O3/c16-10-5-3-7-17-14(10)18-15(20)13-8-11(19)9-4-1-2-6-12(9)21-13/h1-8H,(H,17,18,20). The summed E-state index contributed by atoms with van der Waals surface area (Å²) in [6, 6.07) is 11.1. The summed E-state index contributed by atoms with van der Waals surface area (Å²) in [6.07, 6.45) is 1.50. The first-order valence-corrected chi connectivity index (χ1v) is 6.48. The summed E-state index contributed by atoms with van der Waals surface area (Å²) in [5.74, 6) is -0.473. The third-order valence-corrected chi connectivity index (χ3v) is 3.15. The Balaban J connectivity index is 1.99. The molecule has 0 radical (unpaired) electrons. The molecule has 0 saturated carbocycles. The number of anilines is 1.